The fourth-order valence-electron chi connectivity index (χ4n) is 1.29. The van der Waals surface area contributed by atoms with Crippen LogP contribution in [0.3, 0.4) is 0 Å². The third-order valence-electron chi connectivity index (χ3n) is 2.05. The number of sulfonamides is 1. The number of benzene rings is 1. The third-order valence-corrected chi connectivity index (χ3v) is 3.90. The molecule has 1 aromatic rings. The van der Waals surface area contributed by atoms with Crippen molar-refractivity contribution in [2.75, 3.05) is 13.6 Å². The fraction of sp³-hybridized carbons (Fsp3) is 0.400. The van der Waals surface area contributed by atoms with Crippen LogP contribution in [0.4, 0.5) is 4.39 Å². The zero-order valence-corrected chi connectivity index (χ0v) is 9.91. The highest BCUT2D eigenvalue weighted by Gasteiger charge is 2.24. The number of likely N-dealkylation sites (N-methyl/N-ethyl adjacent to an activating group) is 1. The van der Waals surface area contributed by atoms with Crippen molar-refractivity contribution in [3.05, 3.63) is 30.1 Å². The van der Waals surface area contributed by atoms with Crippen LogP contribution in [0.5, 0.6) is 0 Å². The van der Waals surface area contributed by atoms with Crippen LogP contribution in [0, 0.1) is 5.82 Å². The molecule has 0 bridgehead atoms. The van der Waals surface area contributed by atoms with E-state index in [1.165, 1.54) is 32.2 Å². The minimum atomic E-state index is -3.87. The molecule has 0 aliphatic carbocycles. The molecule has 0 aliphatic rings. The van der Waals surface area contributed by atoms with E-state index in [-0.39, 0.29) is 11.4 Å². The average Bonchev–Trinajstić information content (AvgIpc) is 2.16. The Labute approximate surface area is 94.4 Å². The van der Waals surface area contributed by atoms with Crippen molar-refractivity contribution in [3.63, 3.8) is 0 Å². The second-order valence-corrected chi connectivity index (χ2v) is 5.58. The van der Waals surface area contributed by atoms with Gasteiger partial charge in [0.1, 0.15) is 10.7 Å². The largest absolute Gasteiger partial charge is 0.392 e. The van der Waals surface area contributed by atoms with Crippen LogP contribution in [0.1, 0.15) is 6.92 Å². The number of nitrogens with zero attached hydrogens (tertiary/aromatic N) is 1. The Hall–Kier alpha value is -0.980. The van der Waals surface area contributed by atoms with Gasteiger partial charge in [0.05, 0.1) is 6.10 Å². The first kappa shape index (κ1) is 13.1. The number of hydrogen-bond donors (Lipinski definition) is 1. The molecular weight excluding hydrogens is 233 g/mol. The highest BCUT2D eigenvalue weighted by Crippen LogP contribution is 2.17. The molecule has 0 saturated carbocycles. The van der Waals surface area contributed by atoms with Crippen LogP contribution in [0.15, 0.2) is 29.2 Å². The molecular formula is C10H14FNO3S. The Kier molecular flexibility index (Phi) is 4.01. The molecule has 6 heteroatoms. The molecule has 1 N–H and O–H groups in total. The van der Waals surface area contributed by atoms with Gasteiger partial charge in [0.15, 0.2) is 0 Å². The molecule has 1 aromatic carbocycles. The monoisotopic (exact) mass is 247 g/mol. The summed E-state index contributed by atoms with van der Waals surface area (Å²) in [5.74, 6) is -0.792. The summed E-state index contributed by atoms with van der Waals surface area (Å²) in [5.41, 5.74) is 0. The van der Waals surface area contributed by atoms with Crippen molar-refractivity contribution < 1.29 is 17.9 Å². The SMILES string of the molecule is CC(O)CN(C)S(=O)(=O)c1ccccc1F. The summed E-state index contributed by atoms with van der Waals surface area (Å²) in [7, 11) is -2.57. The standard InChI is InChI=1S/C10H14FNO3S/c1-8(13)7-12(2)16(14,15)10-6-4-3-5-9(10)11/h3-6,8,13H,7H2,1-2H3. The van der Waals surface area contributed by atoms with Gasteiger partial charge in [-0.3, -0.25) is 0 Å². The Bertz CT molecular complexity index is 459. The van der Waals surface area contributed by atoms with E-state index in [1.807, 2.05) is 0 Å². The van der Waals surface area contributed by atoms with Crippen molar-refractivity contribution in [1.82, 2.24) is 4.31 Å². The fourth-order valence-corrected chi connectivity index (χ4v) is 2.60. The van der Waals surface area contributed by atoms with Gasteiger partial charge in [-0.2, -0.15) is 4.31 Å². The Morgan fingerprint density at radius 1 is 1.44 bits per heavy atom. The summed E-state index contributed by atoms with van der Waals surface area (Å²) in [6.45, 7) is 1.39. The maximum atomic E-state index is 13.3. The van der Waals surface area contributed by atoms with Gasteiger partial charge in [0.25, 0.3) is 0 Å². The predicted molar refractivity (Wildman–Crippen MR) is 57.9 cm³/mol. The molecule has 90 valence electrons. The average molecular weight is 247 g/mol. The van der Waals surface area contributed by atoms with Crippen molar-refractivity contribution in [2.24, 2.45) is 0 Å². The second kappa shape index (κ2) is 4.90. The van der Waals surface area contributed by atoms with Crippen LogP contribution in [0.2, 0.25) is 0 Å². The number of rotatable bonds is 4. The Morgan fingerprint density at radius 3 is 2.50 bits per heavy atom. The summed E-state index contributed by atoms with van der Waals surface area (Å²) < 4.78 is 38.0. The first-order valence-electron chi connectivity index (χ1n) is 4.74. The second-order valence-electron chi connectivity index (χ2n) is 3.56. The van der Waals surface area contributed by atoms with Gasteiger partial charge in [-0.15, -0.1) is 0 Å². The summed E-state index contributed by atoms with van der Waals surface area (Å²) >= 11 is 0. The highest BCUT2D eigenvalue weighted by atomic mass is 32.2. The molecule has 16 heavy (non-hydrogen) atoms. The van der Waals surface area contributed by atoms with Crippen LogP contribution in [0.25, 0.3) is 0 Å². The van der Waals surface area contributed by atoms with E-state index in [2.05, 4.69) is 0 Å². The lowest BCUT2D eigenvalue weighted by molar-refractivity contribution is 0.171. The van der Waals surface area contributed by atoms with Crippen LogP contribution >= 0.6 is 0 Å². The zero-order chi connectivity index (χ0) is 12.3. The van der Waals surface area contributed by atoms with Gasteiger partial charge >= 0.3 is 0 Å². The van der Waals surface area contributed by atoms with Crippen LogP contribution in [-0.4, -0.2) is 37.5 Å². The minimum Gasteiger partial charge on any atom is -0.392 e. The first-order valence-corrected chi connectivity index (χ1v) is 6.18. The topological polar surface area (TPSA) is 57.6 Å². The smallest absolute Gasteiger partial charge is 0.245 e. The quantitative estimate of drug-likeness (QED) is 0.857. The number of aliphatic hydroxyl groups is 1. The van der Waals surface area contributed by atoms with Crippen LogP contribution in [-0.2, 0) is 10.0 Å². The molecule has 1 rings (SSSR count). The van der Waals surface area contributed by atoms with E-state index >= 15 is 0 Å². The van der Waals surface area contributed by atoms with Gasteiger partial charge in [0, 0.05) is 13.6 Å². The maximum Gasteiger partial charge on any atom is 0.245 e. The molecule has 0 aromatic heterocycles. The van der Waals surface area contributed by atoms with Crippen molar-refractivity contribution in [3.8, 4) is 0 Å². The molecule has 0 fully saturated rings. The molecule has 1 unspecified atom stereocenters. The maximum absolute atomic E-state index is 13.3. The number of hydrogen-bond acceptors (Lipinski definition) is 3. The van der Waals surface area contributed by atoms with Crippen molar-refractivity contribution in [1.29, 1.82) is 0 Å². The summed E-state index contributed by atoms with van der Waals surface area (Å²) in [6, 6.07) is 5.15. The van der Waals surface area contributed by atoms with Gasteiger partial charge in [0.2, 0.25) is 10.0 Å². The molecule has 4 nitrogen and oxygen atoms in total. The van der Waals surface area contributed by atoms with Crippen LogP contribution < -0.4 is 0 Å². The van der Waals surface area contributed by atoms with Crippen molar-refractivity contribution in [2.45, 2.75) is 17.9 Å². The zero-order valence-electron chi connectivity index (χ0n) is 9.09. The summed E-state index contributed by atoms with van der Waals surface area (Å²) in [5, 5.41) is 9.10. The lowest BCUT2D eigenvalue weighted by atomic mass is 10.3. The third kappa shape index (κ3) is 2.78. The first-order chi connectivity index (χ1) is 7.35. The molecule has 0 aliphatic heterocycles. The summed E-state index contributed by atoms with van der Waals surface area (Å²) in [4.78, 5) is -0.377. The number of halogens is 1. The van der Waals surface area contributed by atoms with E-state index in [9.17, 15) is 12.8 Å². The van der Waals surface area contributed by atoms with E-state index in [1.54, 1.807) is 0 Å². The summed E-state index contributed by atoms with van der Waals surface area (Å²) in [6.07, 6.45) is -0.799. The van der Waals surface area contributed by atoms with E-state index in [0.717, 1.165) is 10.4 Å². The molecule has 0 saturated heterocycles. The van der Waals surface area contributed by atoms with E-state index in [4.69, 9.17) is 5.11 Å². The molecule has 0 heterocycles. The van der Waals surface area contributed by atoms with Gasteiger partial charge in [-0.25, -0.2) is 12.8 Å². The van der Waals surface area contributed by atoms with Gasteiger partial charge < -0.3 is 5.11 Å². The Balaban J connectivity index is 3.08. The van der Waals surface area contributed by atoms with E-state index in [0.29, 0.717) is 0 Å². The molecule has 1 atom stereocenters. The lowest BCUT2D eigenvalue weighted by Gasteiger charge is -2.18. The van der Waals surface area contributed by atoms with Gasteiger partial charge in [-0.05, 0) is 19.1 Å². The number of aliphatic hydroxyl groups excluding tert-OH is 1. The predicted octanol–water partition coefficient (Wildman–Crippen LogP) is 0.827. The van der Waals surface area contributed by atoms with E-state index < -0.39 is 21.9 Å². The minimum absolute atomic E-state index is 0.0728. The normalized spacial score (nSPS) is 14.1. The molecule has 0 spiro atoms. The lowest BCUT2D eigenvalue weighted by Crippen LogP contribution is -2.33. The molecule has 0 radical (unpaired) electrons. The highest BCUT2D eigenvalue weighted by molar-refractivity contribution is 7.89. The van der Waals surface area contributed by atoms with Crippen molar-refractivity contribution >= 4 is 10.0 Å². The Morgan fingerprint density at radius 2 is 2.00 bits per heavy atom. The molecule has 0 amide bonds. The van der Waals surface area contributed by atoms with Gasteiger partial charge in [-0.1, -0.05) is 12.1 Å².